The van der Waals surface area contributed by atoms with Crippen molar-refractivity contribution in [1.82, 2.24) is 4.90 Å². The van der Waals surface area contributed by atoms with Crippen molar-refractivity contribution < 1.29 is 19.4 Å². The number of urea groups is 1. The summed E-state index contributed by atoms with van der Waals surface area (Å²) in [7, 11) is 0. The third-order valence-corrected chi connectivity index (χ3v) is 3.91. The molecule has 1 unspecified atom stereocenters. The highest BCUT2D eigenvalue weighted by Gasteiger charge is 2.28. The lowest BCUT2D eigenvalue weighted by Crippen LogP contribution is -2.44. The number of nitrogens with zero attached hydrogens (tertiary/aromatic N) is 1. The van der Waals surface area contributed by atoms with Crippen LogP contribution in [0, 0.1) is 5.92 Å². The summed E-state index contributed by atoms with van der Waals surface area (Å²) in [4.78, 5) is 24.9. The molecule has 23 heavy (non-hydrogen) atoms. The Morgan fingerprint density at radius 3 is 3.00 bits per heavy atom. The summed E-state index contributed by atoms with van der Waals surface area (Å²) in [6.45, 7) is 3.60. The molecule has 0 aliphatic carbocycles. The highest BCUT2D eigenvalue weighted by molar-refractivity contribution is 5.90. The number of anilines is 1. The number of carbonyl (C=O) groups is 2. The predicted molar refractivity (Wildman–Crippen MR) is 87.8 cm³/mol. The Kier molecular flexibility index (Phi) is 6.26. The van der Waals surface area contributed by atoms with E-state index in [2.05, 4.69) is 12.2 Å². The minimum absolute atomic E-state index is 0.258. The number of carboxylic acid groups (broad SMARTS) is 1. The molecule has 2 rings (SSSR count). The van der Waals surface area contributed by atoms with Crippen molar-refractivity contribution in [2.75, 3.05) is 25.0 Å². The molecule has 1 aromatic carbocycles. The minimum atomic E-state index is -0.839. The number of hydrogen-bond donors (Lipinski definition) is 2. The molecule has 1 aromatic rings. The summed E-state index contributed by atoms with van der Waals surface area (Å²) in [6, 6.07) is 7.00. The van der Waals surface area contributed by atoms with Crippen LogP contribution in [0.15, 0.2) is 24.3 Å². The first kappa shape index (κ1) is 17.1. The highest BCUT2D eigenvalue weighted by Crippen LogP contribution is 2.20. The second-order valence-corrected chi connectivity index (χ2v) is 5.78. The third kappa shape index (κ3) is 5.16. The zero-order valence-corrected chi connectivity index (χ0v) is 13.5. The maximum atomic E-state index is 12.3. The Balaban J connectivity index is 1.91. The number of likely N-dealkylation sites (tertiary alicyclic amines) is 1. The average molecular weight is 320 g/mol. The first-order chi connectivity index (χ1) is 11.1. The topological polar surface area (TPSA) is 78.9 Å². The second kappa shape index (κ2) is 8.41. The Hall–Kier alpha value is -2.24. The van der Waals surface area contributed by atoms with Crippen LogP contribution in [-0.4, -0.2) is 41.7 Å². The highest BCUT2D eigenvalue weighted by atomic mass is 16.5. The first-order valence-electron chi connectivity index (χ1n) is 8.11. The maximum Gasteiger partial charge on any atom is 0.321 e. The average Bonchev–Trinajstić information content (AvgIpc) is 2.55. The molecule has 0 spiro atoms. The van der Waals surface area contributed by atoms with Crippen LogP contribution < -0.4 is 10.1 Å². The number of piperidine rings is 1. The van der Waals surface area contributed by atoms with Crippen molar-refractivity contribution in [1.29, 1.82) is 0 Å². The molecule has 1 aliphatic rings. The molecule has 0 aromatic heterocycles. The quantitative estimate of drug-likeness (QED) is 0.789. The van der Waals surface area contributed by atoms with Gasteiger partial charge in [-0.2, -0.15) is 0 Å². The second-order valence-electron chi connectivity index (χ2n) is 5.78. The Morgan fingerprint density at radius 1 is 1.43 bits per heavy atom. The van der Waals surface area contributed by atoms with E-state index >= 15 is 0 Å². The normalized spacial score (nSPS) is 17.6. The molecule has 1 aliphatic heterocycles. The van der Waals surface area contributed by atoms with Gasteiger partial charge in [-0.05, 0) is 31.4 Å². The first-order valence-corrected chi connectivity index (χ1v) is 8.11. The third-order valence-electron chi connectivity index (χ3n) is 3.91. The van der Waals surface area contributed by atoms with E-state index in [1.807, 2.05) is 12.1 Å². The van der Waals surface area contributed by atoms with Crippen molar-refractivity contribution in [3.8, 4) is 5.75 Å². The van der Waals surface area contributed by atoms with E-state index in [1.54, 1.807) is 17.0 Å². The SMILES string of the molecule is CCCCOc1cccc(NC(=O)N2CCCC(C(=O)O)C2)c1. The van der Waals surface area contributed by atoms with E-state index in [-0.39, 0.29) is 12.6 Å². The number of nitrogens with one attached hydrogen (secondary N) is 1. The van der Waals surface area contributed by atoms with Crippen LogP contribution in [0.25, 0.3) is 0 Å². The van der Waals surface area contributed by atoms with Crippen LogP contribution in [0.1, 0.15) is 32.6 Å². The number of ether oxygens (including phenoxy) is 1. The lowest BCUT2D eigenvalue weighted by atomic mass is 9.99. The summed E-state index contributed by atoms with van der Waals surface area (Å²) in [5.41, 5.74) is 0.654. The number of benzene rings is 1. The van der Waals surface area contributed by atoms with Crippen molar-refractivity contribution in [2.24, 2.45) is 5.92 Å². The van der Waals surface area contributed by atoms with Gasteiger partial charge in [0.05, 0.1) is 12.5 Å². The maximum absolute atomic E-state index is 12.3. The molecule has 6 heteroatoms. The Morgan fingerprint density at radius 2 is 2.26 bits per heavy atom. The van der Waals surface area contributed by atoms with Gasteiger partial charge in [-0.1, -0.05) is 19.4 Å². The fourth-order valence-corrected chi connectivity index (χ4v) is 2.56. The molecule has 0 bridgehead atoms. The fourth-order valence-electron chi connectivity index (χ4n) is 2.56. The molecule has 1 saturated heterocycles. The molecule has 0 radical (unpaired) electrons. The number of rotatable bonds is 6. The van der Waals surface area contributed by atoms with Crippen LogP contribution in [-0.2, 0) is 4.79 Å². The predicted octanol–water partition coefficient (Wildman–Crippen LogP) is 3.19. The lowest BCUT2D eigenvalue weighted by Gasteiger charge is -2.30. The number of aliphatic carboxylic acids is 1. The lowest BCUT2D eigenvalue weighted by molar-refractivity contribution is -0.143. The van der Waals surface area contributed by atoms with E-state index in [0.717, 1.165) is 18.6 Å². The van der Waals surface area contributed by atoms with Gasteiger partial charge in [0.2, 0.25) is 0 Å². The summed E-state index contributed by atoms with van der Waals surface area (Å²) in [5, 5.41) is 11.9. The van der Waals surface area contributed by atoms with Crippen molar-refractivity contribution >= 4 is 17.7 Å². The van der Waals surface area contributed by atoms with Gasteiger partial charge in [0.1, 0.15) is 5.75 Å². The summed E-state index contributed by atoms with van der Waals surface area (Å²) in [6.07, 6.45) is 3.39. The van der Waals surface area contributed by atoms with E-state index in [0.29, 0.717) is 31.7 Å². The molecule has 2 N–H and O–H groups in total. The van der Waals surface area contributed by atoms with Gasteiger partial charge in [-0.3, -0.25) is 4.79 Å². The van der Waals surface area contributed by atoms with Gasteiger partial charge in [-0.15, -0.1) is 0 Å². The molecule has 1 fully saturated rings. The van der Waals surface area contributed by atoms with Crippen LogP contribution in [0.5, 0.6) is 5.75 Å². The van der Waals surface area contributed by atoms with Gasteiger partial charge in [0.15, 0.2) is 0 Å². The summed E-state index contributed by atoms with van der Waals surface area (Å²) < 4.78 is 5.62. The molecule has 0 saturated carbocycles. The van der Waals surface area contributed by atoms with Crippen LogP contribution in [0.2, 0.25) is 0 Å². The number of hydrogen-bond acceptors (Lipinski definition) is 3. The van der Waals surface area contributed by atoms with Crippen LogP contribution in [0.4, 0.5) is 10.5 Å². The fraction of sp³-hybridized carbons (Fsp3) is 0.529. The van der Waals surface area contributed by atoms with Crippen LogP contribution >= 0.6 is 0 Å². The number of carboxylic acids is 1. The van der Waals surface area contributed by atoms with E-state index in [9.17, 15) is 9.59 Å². The number of amides is 2. The largest absolute Gasteiger partial charge is 0.494 e. The molecular formula is C17H24N2O4. The van der Waals surface area contributed by atoms with Crippen LogP contribution in [0.3, 0.4) is 0 Å². The summed E-state index contributed by atoms with van der Waals surface area (Å²) in [5.74, 6) is -0.592. The van der Waals surface area contributed by atoms with Gasteiger partial charge >= 0.3 is 12.0 Å². The molecule has 1 heterocycles. The Bertz CT molecular complexity index is 547. The summed E-state index contributed by atoms with van der Waals surface area (Å²) >= 11 is 0. The van der Waals surface area contributed by atoms with E-state index in [4.69, 9.17) is 9.84 Å². The molecule has 2 amide bonds. The molecule has 6 nitrogen and oxygen atoms in total. The number of unbranched alkanes of at least 4 members (excludes halogenated alkanes) is 1. The molecular weight excluding hydrogens is 296 g/mol. The number of carbonyl (C=O) groups excluding carboxylic acids is 1. The van der Waals surface area contributed by atoms with Crippen molar-refractivity contribution in [2.45, 2.75) is 32.6 Å². The molecule has 1 atom stereocenters. The minimum Gasteiger partial charge on any atom is -0.494 e. The molecule has 126 valence electrons. The zero-order chi connectivity index (χ0) is 16.7. The monoisotopic (exact) mass is 320 g/mol. The van der Waals surface area contributed by atoms with Gasteiger partial charge in [-0.25, -0.2) is 4.79 Å². The van der Waals surface area contributed by atoms with Crippen molar-refractivity contribution in [3.63, 3.8) is 0 Å². The standard InChI is InChI=1S/C17H24N2O4/c1-2-3-10-23-15-8-4-7-14(11-15)18-17(22)19-9-5-6-13(12-19)16(20)21/h4,7-8,11,13H,2-3,5-6,9-10,12H2,1H3,(H,18,22)(H,20,21). The van der Waals surface area contributed by atoms with Gasteiger partial charge in [0, 0.05) is 24.8 Å². The smallest absolute Gasteiger partial charge is 0.321 e. The van der Waals surface area contributed by atoms with Gasteiger partial charge < -0.3 is 20.1 Å². The Labute approximate surface area is 136 Å². The zero-order valence-electron chi connectivity index (χ0n) is 13.5. The van der Waals surface area contributed by atoms with E-state index < -0.39 is 11.9 Å². The van der Waals surface area contributed by atoms with E-state index in [1.165, 1.54) is 0 Å². The van der Waals surface area contributed by atoms with Crippen molar-refractivity contribution in [3.05, 3.63) is 24.3 Å². The van der Waals surface area contributed by atoms with Gasteiger partial charge in [0.25, 0.3) is 0 Å².